The van der Waals surface area contributed by atoms with Gasteiger partial charge in [0.15, 0.2) is 12.4 Å². The van der Waals surface area contributed by atoms with E-state index in [2.05, 4.69) is 10.5 Å². The van der Waals surface area contributed by atoms with Gasteiger partial charge in [0.05, 0.1) is 0 Å². The summed E-state index contributed by atoms with van der Waals surface area (Å²) in [5, 5.41) is 6.65. The van der Waals surface area contributed by atoms with E-state index in [9.17, 15) is 14.0 Å². The number of esters is 1. The highest BCUT2D eigenvalue weighted by Crippen LogP contribution is 2.26. The van der Waals surface area contributed by atoms with Gasteiger partial charge >= 0.3 is 5.97 Å². The van der Waals surface area contributed by atoms with Gasteiger partial charge in [-0.15, -0.1) is 11.3 Å². The lowest BCUT2D eigenvalue weighted by molar-refractivity contribution is -0.119. The predicted molar refractivity (Wildman–Crippen MR) is 81.9 cm³/mol. The predicted octanol–water partition coefficient (Wildman–Crippen LogP) is 3.13. The summed E-state index contributed by atoms with van der Waals surface area (Å²) in [6, 6.07) is 7.32. The average molecular weight is 334 g/mol. The number of aryl methyl sites for hydroxylation is 1. The van der Waals surface area contributed by atoms with Gasteiger partial charge in [-0.3, -0.25) is 4.79 Å². The molecular formula is C15H11FN2O4S. The number of nitrogens with one attached hydrogen (secondary N) is 1. The van der Waals surface area contributed by atoms with Crippen molar-refractivity contribution in [2.45, 2.75) is 6.92 Å². The molecule has 1 aromatic carbocycles. The van der Waals surface area contributed by atoms with Crippen LogP contribution in [0, 0.1) is 12.7 Å². The number of thiophene rings is 1. The molecule has 2 aromatic heterocycles. The van der Waals surface area contributed by atoms with Crippen molar-refractivity contribution in [2.75, 3.05) is 11.9 Å². The number of hydrogen-bond donors (Lipinski definition) is 1. The molecule has 3 rings (SSSR count). The van der Waals surface area contributed by atoms with Gasteiger partial charge in [0.2, 0.25) is 0 Å². The Morgan fingerprint density at radius 2 is 2.17 bits per heavy atom. The summed E-state index contributed by atoms with van der Waals surface area (Å²) in [4.78, 5) is 23.9. The van der Waals surface area contributed by atoms with Crippen molar-refractivity contribution in [3.63, 3.8) is 0 Å². The largest absolute Gasteiger partial charge is 0.451 e. The zero-order chi connectivity index (χ0) is 16.4. The Morgan fingerprint density at radius 3 is 2.91 bits per heavy atom. The van der Waals surface area contributed by atoms with E-state index < -0.39 is 18.5 Å². The number of amides is 1. The zero-order valence-corrected chi connectivity index (χ0v) is 12.8. The summed E-state index contributed by atoms with van der Waals surface area (Å²) in [6.07, 6.45) is 0. The number of benzene rings is 1. The molecule has 0 fully saturated rings. The molecule has 8 heteroatoms. The number of carbonyl (C=O) groups is 2. The molecule has 0 atom stereocenters. The van der Waals surface area contributed by atoms with Crippen LogP contribution in [-0.2, 0) is 9.53 Å². The highest BCUT2D eigenvalue weighted by Gasteiger charge is 2.14. The first-order chi connectivity index (χ1) is 11.0. The topological polar surface area (TPSA) is 81.4 Å². The Hall–Kier alpha value is -2.74. The molecule has 6 nitrogen and oxygen atoms in total. The van der Waals surface area contributed by atoms with E-state index in [1.807, 2.05) is 0 Å². The fourth-order valence-electron chi connectivity index (χ4n) is 1.92. The van der Waals surface area contributed by atoms with Gasteiger partial charge in [-0.2, -0.15) is 0 Å². The number of hydrogen-bond acceptors (Lipinski definition) is 6. The van der Waals surface area contributed by atoms with E-state index >= 15 is 0 Å². The second-order valence-electron chi connectivity index (χ2n) is 4.74. The van der Waals surface area contributed by atoms with Crippen molar-refractivity contribution in [3.8, 4) is 0 Å². The monoisotopic (exact) mass is 334 g/mol. The molecule has 1 N–H and O–H groups in total. The molecule has 0 radical (unpaired) electrons. The van der Waals surface area contributed by atoms with E-state index in [-0.39, 0.29) is 11.6 Å². The normalized spacial score (nSPS) is 10.7. The fourth-order valence-corrected chi connectivity index (χ4v) is 2.86. The number of nitrogens with zero attached hydrogens (tertiary/aromatic N) is 1. The minimum Gasteiger partial charge on any atom is -0.451 e. The van der Waals surface area contributed by atoms with Crippen LogP contribution in [0.4, 0.5) is 10.2 Å². The Labute approximate surface area is 133 Å². The summed E-state index contributed by atoms with van der Waals surface area (Å²) >= 11 is 1.17. The smallest absolute Gasteiger partial charge is 0.348 e. The maximum Gasteiger partial charge on any atom is 0.348 e. The maximum absolute atomic E-state index is 13.1. The van der Waals surface area contributed by atoms with Crippen LogP contribution in [0.3, 0.4) is 0 Å². The molecule has 0 spiro atoms. The first-order valence-corrected chi connectivity index (χ1v) is 7.42. The lowest BCUT2D eigenvalue weighted by Gasteiger charge is -2.02. The third-order valence-electron chi connectivity index (χ3n) is 2.91. The number of anilines is 1. The second-order valence-corrected chi connectivity index (χ2v) is 5.82. The molecule has 0 aliphatic rings. The number of ether oxygens (including phenoxy) is 1. The van der Waals surface area contributed by atoms with Gasteiger partial charge in [0, 0.05) is 10.8 Å². The lowest BCUT2D eigenvalue weighted by Crippen LogP contribution is -2.20. The molecule has 0 aliphatic heterocycles. The molecule has 0 aliphatic carbocycles. The first kappa shape index (κ1) is 15.2. The highest BCUT2D eigenvalue weighted by molar-refractivity contribution is 7.20. The Morgan fingerprint density at radius 1 is 1.35 bits per heavy atom. The molecule has 3 aromatic rings. The summed E-state index contributed by atoms with van der Waals surface area (Å²) in [7, 11) is 0. The van der Waals surface area contributed by atoms with Crippen LogP contribution in [0.2, 0.25) is 0 Å². The van der Waals surface area contributed by atoms with Crippen molar-refractivity contribution in [1.29, 1.82) is 0 Å². The molecule has 0 saturated carbocycles. The minimum absolute atomic E-state index is 0.251. The van der Waals surface area contributed by atoms with Crippen molar-refractivity contribution in [2.24, 2.45) is 0 Å². The minimum atomic E-state index is -0.641. The van der Waals surface area contributed by atoms with Gasteiger partial charge in [-0.05, 0) is 36.6 Å². The maximum atomic E-state index is 13.1. The molecule has 0 saturated heterocycles. The van der Waals surface area contributed by atoms with E-state index in [0.717, 1.165) is 4.70 Å². The fraction of sp³-hybridized carbons (Fsp3) is 0.133. The molecular weight excluding hydrogens is 323 g/mol. The van der Waals surface area contributed by atoms with Crippen LogP contribution in [0.5, 0.6) is 0 Å². The van der Waals surface area contributed by atoms with Crippen LogP contribution in [0.1, 0.15) is 15.4 Å². The summed E-state index contributed by atoms with van der Waals surface area (Å²) in [5.74, 6) is -0.745. The van der Waals surface area contributed by atoms with Crippen molar-refractivity contribution < 1.29 is 23.2 Å². The molecule has 118 valence electrons. The molecule has 23 heavy (non-hydrogen) atoms. The third kappa shape index (κ3) is 3.54. The van der Waals surface area contributed by atoms with Crippen LogP contribution in [0.15, 0.2) is 34.9 Å². The highest BCUT2D eigenvalue weighted by atomic mass is 32.1. The SMILES string of the molecule is Cc1cc(NC(=O)COC(=O)c2cc3cc(F)ccc3s2)no1. The standard InChI is InChI=1S/C15H11FN2O4S/c1-8-4-13(18-22-8)17-14(19)7-21-15(20)12-6-9-5-10(16)2-3-11(9)23-12/h2-6H,7H2,1H3,(H,17,18,19). The van der Waals surface area contributed by atoms with Gasteiger partial charge in [-0.25, -0.2) is 9.18 Å². The van der Waals surface area contributed by atoms with Crippen LogP contribution >= 0.6 is 11.3 Å². The number of fused-ring (bicyclic) bond motifs is 1. The van der Waals surface area contributed by atoms with E-state index in [1.54, 1.807) is 19.1 Å². The van der Waals surface area contributed by atoms with E-state index in [1.165, 1.54) is 29.5 Å². The number of rotatable bonds is 4. The van der Waals surface area contributed by atoms with Crippen molar-refractivity contribution in [3.05, 3.63) is 46.8 Å². The number of halogens is 1. The zero-order valence-electron chi connectivity index (χ0n) is 12.0. The Kier molecular flexibility index (Phi) is 4.07. The van der Waals surface area contributed by atoms with Gasteiger partial charge in [-0.1, -0.05) is 5.16 Å². The van der Waals surface area contributed by atoms with Gasteiger partial charge < -0.3 is 14.6 Å². The molecule has 0 unspecified atom stereocenters. The van der Waals surface area contributed by atoms with Gasteiger partial charge in [0.25, 0.3) is 5.91 Å². The van der Waals surface area contributed by atoms with Crippen molar-refractivity contribution in [1.82, 2.24) is 5.16 Å². The molecule has 2 heterocycles. The van der Waals surface area contributed by atoms with Crippen LogP contribution < -0.4 is 5.32 Å². The van der Waals surface area contributed by atoms with Crippen molar-refractivity contribution >= 4 is 39.1 Å². The number of aromatic nitrogens is 1. The Bertz CT molecular complexity index is 887. The molecule has 0 bridgehead atoms. The van der Waals surface area contributed by atoms with Gasteiger partial charge in [0.1, 0.15) is 16.5 Å². The van der Waals surface area contributed by atoms with E-state index in [4.69, 9.17) is 9.26 Å². The van der Waals surface area contributed by atoms with Crippen LogP contribution in [0.25, 0.3) is 10.1 Å². The summed E-state index contributed by atoms with van der Waals surface area (Å²) in [5.41, 5.74) is 0. The summed E-state index contributed by atoms with van der Waals surface area (Å²) in [6.45, 7) is 1.24. The van der Waals surface area contributed by atoms with E-state index in [0.29, 0.717) is 16.0 Å². The van der Waals surface area contributed by atoms with Crippen LogP contribution in [-0.4, -0.2) is 23.6 Å². The molecule has 1 amide bonds. The number of carbonyl (C=O) groups excluding carboxylic acids is 2. The quantitative estimate of drug-likeness (QED) is 0.741. The third-order valence-corrected chi connectivity index (χ3v) is 4.01. The lowest BCUT2D eigenvalue weighted by atomic mass is 10.2. The summed E-state index contributed by atoms with van der Waals surface area (Å²) < 4.78 is 23.6. The average Bonchev–Trinajstić information content (AvgIpc) is 3.10. The second kappa shape index (κ2) is 6.17. The first-order valence-electron chi connectivity index (χ1n) is 6.60. The Balaban J connectivity index is 1.60.